The first-order chi connectivity index (χ1) is 9.28. The van der Waals surface area contributed by atoms with Crippen molar-refractivity contribution in [2.75, 3.05) is 13.2 Å². The van der Waals surface area contributed by atoms with E-state index < -0.39 is 5.60 Å². The molecule has 0 amide bonds. The summed E-state index contributed by atoms with van der Waals surface area (Å²) in [4.78, 5) is 0. The van der Waals surface area contributed by atoms with Crippen molar-refractivity contribution in [2.45, 2.75) is 18.4 Å². The van der Waals surface area contributed by atoms with Crippen LogP contribution in [0.5, 0.6) is 0 Å². The first kappa shape index (κ1) is 12.4. The molecule has 19 heavy (non-hydrogen) atoms. The second kappa shape index (κ2) is 5.16. The lowest BCUT2D eigenvalue weighted by Gasteiger charge is -2.32. The highest BCUT2D eigenvalue weighted by molar-refractivity contribution is 5.64. The molecule has 98 valence electrons. The second-order valence-corrected chi connectivity index (χ2v) is 5.09. The zero-order valence-electron chi connectivity index (χ0n) is 10.9. The Balaban J connectivity index is 1.96. The van der Waals surface area contributed by atoms with Crippen LogP contribution in [0.1, 0.15) is 18.4 Å². The van der Waals surface area contributed by atoms with E-state index in [9.17, 15) is 5.11 Å². The molecule has 2 nitrogen and oxygen atoms in total. The summed E-state index contributed by atoms with van der Waals surface area (Å²) in [5, 5.41) is 10.7. The van der Waals surface area contributed by atoms with Crippen LogP contribution in [0.3, 0.4) is 0 Å². The van der Waals surface area contributed by atoms with Crippen LogP contribution in [0.15, 0.2) is 54.6 Å². The lowest BCUT2D eigenvalue weighted by atomic mass is 9.85. The van der Waals surface area contributed by atoms with Crippen molar-refractivity contribution in [1.29, 1.82) is 0 Å². The van der Waals surface area contributed by atoms with Crippen molar-refractivity contribution in [3.63, 3.8) is 0 Å². The maximum atomic E-state index is 10.7. The van der Waals surface area contributed by atoms with Gasteiger partial charge >= 0.3 is 0 Å². The quantitative estimate of drug-likeness (QED) is 0.890. The monoisotopic (exact) mass is 254 g/mol. The Bertz CT molecular complexity index is 542. The molecular weight excluding hydrogens is 236 g/mol. The molecule has 0 radical (unpaired) electrons. The van der Waals surface area contributed by atoms with Crippen molar-refractivity contribution >= 4 is 0 Å². The van der Waals surface area contributed by atoms with Crippen LogP contribution in [-0.4, -0.2) is 18.3 Å². The molecule has 1 fully saturated rings. The van der Waals surface area contributed by atoms with Gasteiger partial charge in [-0.2, -0.15) is 0 Å². The Hall–Kier alpha value is -1.64. The van der Waals surface area contributed by atoms with Gasteiger partial charge in [-0.25, -0.2) is 0 Å². The Morgan fingerprint density at radius 1 is 0.842 bits per heavy atom. The number of rotatable bonds is 2. The third-order valence-corrected chi connectivity index (χ3v) is 3.83. The molecule has 1 N–H and O–H groups in total. The van der Waals surface area contributed by atoms with Crippen LogP contribution in [0, 0.1) is 0 Å². The molecule has 1 aliphatic rings. The largest absolute Gasteiger partial charge is 0.385 e. The van der Waals surface area contributed by atoms with Crippen LogP contribution in [0.4, 0.5) is 0 Å². The van der Waals surface area contributed by atoms with Crippen molar-refractivity contribution in [3.05, 3.63) is 60.2 Å². The van der Waals surface area contributed by atoms with Crippen molar-refractivity contribution in [3.8, 4) is 11.1 Å². The second-order valence-electron chi connectivity index (χ2n) is 5.09. The van der Waals surface area contributed by atoms with Gasteiger partial charge in [0.15, 0.2) is 0 Å². The molecular formula is C17H18O2. The maximum Gasteiger partial charge on any atom is 0.0940 e. The standard InChI is InChI=1S/C17H18O2/c18-17(9-11-19-12-10-17)16-8-4-7-15(13-16)14-5-2-1-3-6-14/h1-8,13,18H,9-12H2. The number of ether oxygens (including phenoxy) is 1. The lowest BCUT2D eigenvalue weighted by molar-refractivity contribution is -0.0678. The Morgan fingerprint density at radius 3 is 2.26 bits per heavy atom. The number of hydrogen-bond donors (Lipinski definition) is 1. The maximum absolute atomic E-state index is 10.7. The van der Waals surface area contributed by atoms with Crippen LogP contribution in [-0.2, 0) is 10.3 Å². The summed E-state index contributed by atoms with van der Waals surface area (Å²) in [6, 6.07) is 18.5. The Labute approximate surface area is 113 Å². The molecule has 2 heteroatoms. The summed E-state index contributed by atoms with van der Waals surface area (Å²) >= 11 is 0. The summed E-state index contributed by atoms with van der Waals surface area (Å²) in [5.41, 5.74) is 2.60. The summed E-state index contributed by atoms with van der Waals surface area (Å²) < 4.78 is 5.34. The van der Waals surface area contributed by atoms with Gasteiger partial charge < -0.3 is 9.84 Å². The molecule has 1 saturated heterocycles. The minimum absolute atomic E-state index is 0.631. The third kappa shape index (κ3) is 2.55. The van der Waals surface area contributed by atoms with E-state index in [0.29, 0.717) is 26.1 Å². The van der Waals surface area contributed by atoms with Gasteiger partial charge in [0.05, 0.1) is 5.60 Å². The highest BCUT2D eigenvalue weighted by Crippen LogP contribution is 2.33. The van der Waals surface area contributed by atoms with Crippen LogP contribution < -0.4 is 0 Å². The van der Waals surface area contributed by atoms with E-state index in [-0.39, 0.29) is 0 Å². The molecule has 0 aliphatic carbocycles. The molecule has 2 aromatic carbocycles. The van der Waals surface area contributed by atoms with E-state index in [1.54, 1.807) is 0 Å². The number of hydrogen-bond acceptors (Lipinski definition) is 2. The van der Waals surface area contributed by atoms with E-state index in [2.05, 4.69) is 24.3 Å². The van der Waals surface area contributed by atoms with E-state index in [1.807, 2.05) is 30.3 Å². The zero-order chi connectivity index (χ0) is 13.1. The van der Waals surface area contributed by atoms with Gasteiger partial charge in [0, 0.05) is 26.1 Å². The summed E-state index contributed by atoms with van der Waals surface area (Å²) in [7, 11) is 0. The van der Waals surface area contributed by atoms with Crippen molar-refractivity contribution in [2.24, 2.45) is 0 Å². The van der Waals surface area contributed by atoms with Gasteiger partial charge in [0.25, 0.3) is 0 Å². The van der Waals surface area contributed by atoms with Gasteiger partial charge in [-0.1, -0.05) is 48.5 Å². The van der Waals surface area contributed by atoms with Gasteiger partial charge in [0.1, 0.15) is 0 Å². The third-order valence-electron chi connectivity index (χ3n) is 3.83. The predicted molar refractivity (Wildman–Crippen MR) is 75.8 cm³/mol. The summed E-state index contributed by atoms with van der Waals surface area (Å²) in [6.07, 6.45) is 1.34. The molecule has 2 aromatic rings. The van der Waals surface area contributed by atoms with E-state index in [0.717, 1.165) is 11.1 Å². The molecule has 0 unspecified atom stereocenters. The summed E-state index contributed by atoms with van der Waals surface area (Å²) in [6.45, 7) is 1.26. The molecule has 0 atom stereocenters. The van der Waals surface area contributed by atoms with E-state index >= 15 is 0 Å². The fourth-order valence-corrected chi connectivity index (χ4v) is 2.62. The molecule has 0 saturated carbocycles. The van der Waals surface area contributed by atoms with E-state index in [1.165, 1.54) is 5.56 Å². The minimum Gasteiger partial charge on any atom is -0.385 e. The van der Waals surface area contributed by atoms with Gasteiger partial charge in [-0.3, -0.25) is 0 Å². The summed E-state index contributed by atoms with van der Waals surface area (Å²) in [5.74, 6) is 0. The average Bonchev–Trinajstić information content (AvgIpc) is 2.49. The topological polar surface area (TPSA) is 29.5 Å². The SMILES string of the molecule is OC1(c2cccc(-c3ccccc3)c2)CCOCC1. The first-order valence-electron chi connectivity index (χ1n) is 6.74. The fraction of sp³-hybridized carbons (Fsp3) is 0.294. The Kier molecular flexibility index (Phi) is 3.36. The van der Waals surface area contributed by atoms with Crippen LogP contribution >= 0.6 is 0 Å². The first-order valence-corrected chi connectivity index (χ1v) is 6.74. The molecule has 3 rings (SSSR count). The fourth-order valence-electron chi connectivity index (χ4n) is 2.62. The lowest BCUT2D eigenvalue weighted by Crippen LogP contribution is -2.33. The molecule has 1 heterocycles. The predicted octanol–water partition coefficient (Wildman–Crippen LogP) is 3.35. The van der Waals surface area contributed by atoms with Crippen molar-refractivity contribution in [1.82, 2.24) is 0 Å². The molecule has 0 spiro atoms. The van der Waals surface area contributed by atoms with Crippen molar-refractivity contribution < 1.29 is 9.84 Å². The van der Waals surface area contributed by atoms with Gasteiger partial charge in [0.2, 0.25) is 0 Å². The Morgan fingerprint density at radius 2 is 1.53 bits per heavy atom. The number of aliphatic hydroxyl groups is 1. The molecule has 0 aromatic heterocycles. The van der Waals surface area contributed by atoms with Gasteiger partial charge in [-0.05, 0) is 22.8 Å². The number of benzene rings is 2. The van der Waals surface area contributed by atoms with Crippen LogP contribution in [0.25, 0.3) is 11.1 Å². The van der Waals surface area contributed by atoms with Crippen LogP contribution in [0.2, 0.25) is 0 Å². The highest BCUT2D eigenvalue weighted by Gasteiger charge is 2.31. The molecule has 0 bridgehead atoms. The average molecular weight is 254 g/mol. The molecule has 1 aliphatic heterocycles. The highest BCUT2D eigenvalue weighted by atomic mass is 16.5. The smallest absolute Gasteiger partial charge is 0.0940 e. The van der Waals surface area contributed by atoms with Gasteiger partial charge in [-0.15, -0.1) is 0 Å². The minimum atomic E-state index is -0.733. The zero-order valence-corrected chi connectivity index (χ0v) is 10.9. The van der Waals surface area contributed by atoms with E-state index in [4.69, 9.17) is 4.74 Å². The normalized spacial score (nSPS) is 18.2.